The molecule has 0 saturated heterocycles. The summed E-state index contributed by atoms with van der Waals surface area (Å²) < 4.78 is 37.3. The highest BCUT2D eigenvalue weighted by atomic mass is 32.2. The molecule has 0 aromatic heterocycles. The van der Waals surface area contributed by atoms with E-state index in [-0.39, 0.29) is 5.75 Å². The van der Waals surface area contributed by atoms with Gasteiger partial charge in [0.25, 0.3) is 0 Å². The van der Waals surface area contributed by atoms with Crippen LogP contribution < -0.4 is 19.5 Å². The van der Waals surface area contributed by atoms with Crippen LogP contribution in [0.15, 0.2) is 18.2 Å². The van der Waals surface area contributed by atoms with Crippen LogP contribution in [0.2, 0.25) is 0 Å². The van der Waals surface area contributed by atoms with Crippen molar-refractivity contribution >= 4 is 15.7 Å². The summed E-state index contributed by atoms with van der Waals surface area (Å²) in [4.78, 5) is 0. The maximum Gasteiger partial charge on any atom is 0.233 e. The second kappa shape index (κ2) is 8.74. The topological polar surface area (TPSA) is 76.7 Å². The van der Waals surface area contributed by atoms with Crippen LogP contribution >= 0.6 is 0 Å². The van der Waals surface area contributed by atoms with E-state index in [0.29, 0.717) is 36.9 Å². The maximum atomic E-state index is 11.9. The lowest BCUT2D eigenvalue weighted by molar-refractivity contribution is 0.288. The van der Waals surface area contributed by atoms with Crippen LogP contribution in [0.5, 0.6) is 11.5 Å². The number of rotatable bonds is 10. The predicted molar refractivity (Wildman–Crippen MR) is 84.7 cm³/mol. The minimum Gasteiger partial charge on any atom is -0.490 e. The Kier molecular flexibility index (Phi) is 7.31. The van der Waals surface area contributed by atoms with Crippen molar-refractivity contribution in [1.82, 2.24) is 5.32 Å². The zero-order valence-electron chi connectivity index (χ0n) is 12.8. The first-order valence-electron chi connectivity index (χ1n) is 7.13. The van der Waals surface area contributed by atoms with Crippen LogP contribution in [-0.4, -0.2) is 40.5 Å². The van der Waals surface area contributed by atoms with Gasteiger partial charge in [-0.3, -0.25) is 4.72 Å². The third kappa shape index (κ3) is 6.22. The van der Waals surface area contributed by atoms with E-state index in [1.54, 1.807) is 18.2 Å². The van der Waals surface area contributed by atoms with Crippen molar-refractivity contribution in [2.24, 2.45) is 0 Å². The monoisotopic (exact) mass is 316 g/mol. The maximum absolute atomic E-state index is 11.9. The van der Waals surface area contributed by atoms with Crippen LogP contribution in [0.4, 0.5) is 5.69 Å². The third-order valence-electron chi connectivity index (χ3n) is 2.61. The Morgan fingerprint density at radius 3 is 2.33 bits per heavy atom. The fourth-order valence-electron chi connectivity index (χ4n) is 1.73. The Labute approximate surface area is 126 Å². The normalized spacial score (nSPS) is 11.2. The molecule has 0 spiro atoms. The second-order valence-corrected chi connectivity index (χ2v) is 6.14. The molecular weight excluding hydrogens is 292 g/mol. The summed E-state index contributed by atoms with van der Waals surface area (Å²) in [7, 11) is -3.37. The van der Waals surface area contributed by atoms with Gasteiger partial charge in [-0.15, -0.1) is 0 Å². The van der Waals surface area contributed by atoms with Crippen LogP contribution in [0, 0.1) is 0 Å². The molecule has 6 nitrogen and oxygen atoms in total. The highest BCUT2D eigenvalue weighted by Crippen LogP contribution is 2.30. The van der Waals surface area contributed by atoms with Gasteiger partial charge in [-0.2, -0.15) is 0 Å². The summed E-state index contributed by atoms with van der Waals surface area (Å²) in [5, 5.41) is 2.98. The molecule has 0 saturated carbocycles. The zero-order chi connectivity index (χ0) is 15.7. The number of sulfonamides is 1. The molecule has 0 fully saturated rings. The molecule has 21 heavy (non-hydrogen) atoms. The van der Waals surface area contributed by atoms with E-state index in [1.165, 1.54) is 0 Å². The number of anilines is 1. The van der Waals surface area contributed by atoms with Crippen molar-refractivity contribution < 1.29 is 17.9 Å². The summed E-state index contributed by atoms with van der Waals surface area (Å²) in [6.07, 6.45) is 0. The third-order valence-corrected chi connectivity index (χ3v) is 3.90. The average Bonchev–Trinajstić information content (AvgIpc) is 2.42. The molecule has 0 unspecified atom stereocenters. The number of hydrogen-bond acceptors (Lipinski definition) is 5. The van der Waals surface area contributed by atoms with Gasteiger partial charge in [-0.25, -0.2) is 8.42 Å². The van der Waals surface area contributed by atoms with Gasteiger partial charge < -0.3 is 14.8 Å². The van der Waals surface area contributed by atoms with Gasteiger partial charge in [0.05, 0.1) is 24.7 Å². The Hall–Kier alpha value is -1.47. The molecule has 0 bridgehead atoms. The molecule has 0 atom stereocenters. The van der Waals surface area contributed by atoms with Crippen molar-refractivity contribution in [2.75, 3.05) is 36.8 Å². The molecular formula is C14H24N2O4S. The molecule has 0 aliphatic carbocycles. The van der Waals surface area contributed by atoms with E-state index in [0.717, 1.165) is 6.54 Å². The lowest BCUT2D eigenvalue weighted by Gasteiger charge is -2.13. The highest BCUT2D eigenvalue weighted by Gasteiger charge is 2.12. The number of ether oxygens (including phenoxy) is 2. The van der Waals surface area contributed by atoms with Crippen LogP contribution in [0.3, 0.4) is 0 Å². The molecule has 1 aromatic carbocycles. The second-order valence-electron chi connectivity index (χ2n) is 4.30. The quantitative estimate of drug-likeness (QED) is 0.644. The van der Waals surface area contributed by atoms with E-state index in [1.807, 2.05) is 20.8 Å². The van der Waals surface area contributed by atoms with Gasteiger partial charge >= 0.3 is 0 Å². The smallest absolute Gasteiger partial charge is 0.233 e. The Morgan fingerprint density at radius 1 is 1.05 bits per heavy atom. The van der Waals surface area contributed by atoms with E-state index in [4.69, 9.17) is 9.47 Å². The number of nitrogens with one attached hydrogen (secondary N) is 2. The first-order valence-corrected chi connectivity index (χ1v) is 8.78. The first kappa shape index (κ1) is 17.6. The molecule has 0 radical (unpaired) electrons. The number of hydrogen-bond donors (Lipinski definition) is 2. The molecule has 0 heterocycles. The summed E-state index contributed by atoms with van der Waals surface area (Å²) in [6.45, 7) is 7.84. The SMILES string of the molecule is CCNCCS(=O)(=O)Nc1ccc(OCC)c(OCC)c1. The molecule has 7 heteroatoms. The van der Waals surface area contributed by atoms with Crippen molar-refractivity contribution in [2.45, 2.75) is 20.8 Å². The van der Waals surface area contributed by atoms with Gasteiger partial charge in [0.2, 0.25) is 10.0 Å². The fourth-order valence-corrected chi connectivity index (χ4v) is 2.73. The fraction of sp³-hybridized carbons (Fsp3) is 0.571. The molecule has 0 aliphatic rings. The average molecular weight is 316 g/mol. The van der Waals surface area contributed by atoms with Gasteiger partial charge in [-0.05, 0) is 32.5 Å². The first-order chi connectivity index (χ1) is 10.0. The molecule has 1 rings (SSSR count). The van der Waals surface area contributed by atoms with E-state index in [9.17, 15) is 8.42 Å². The summed E-state index contributed by atoms with van der Waals surface area (Å²) in [5.74, 6) is 1.17. The van der Waals surface area contributed by atoms with Crippen molar-refractivity contribution in [3.63, 3.8) is 0 Å². The Balaban J connectivity index is 2.81. The standard InChI is InChI=1S/C14H24N2O4S/c1-4-15-9-10-21(17,18)16-12-7-8-13(19-5-2)14(11-12)20-6-3/h7-8,11,15-16H,4-6,9-10H2,1-3H3. The molecule has 120 valence electrons. The molecule has 2 N–H and O–H groups in total. The van der Waals surface area contributed by atoms with Gasteiger partial charge in [0.1, 0.15) is 0 Å². The van der Waals surface area contributed by atoms with Gasteiger partial charge in [0.15, 0.2) is 11.5 Å². The van der Waals surface area contributed by atoms with Crippen molar-refractivity contribution in [3.05, 3.63) is 18.2 Å². The van der Waals surface area contributed by atoms with Crippen LogP contribution in [-0.2, 0) is 10.0 Å². The van der Waals surface area contributed by atoms with Gasteiger partial charge in [-0.1, -0.05) is 6.92 Å². The zero-order valence-corrected chi connectivity index (χ0v) is 13.6. The largest absolute Gasteiger partial charge is 0.490 e. The summed E-state index contributed by atoms with van der Waals surface area (Å²) in [6, 6.07) is 5.01. The van der Waals surface area contributed by atoms with Crippen LogP contribution in [0.25, 0.3) is 0 Å². The van der Waals surface area contributed by atoms with E-state index < -0.39 is 10.0 Å². The van der Waals surface area contributed by atoms with E-state index >= 15 is 0 Å². The van der Waals surface area contributed by atoms with E-state index in [2.05, 4.69) is 10.0 Å². The Bertz CT molecular complexity index is 532. The molecule has 1 aromatic rings. The van der Waals surface area contributed by atoms with Crippen LogP contribution in [0.1, 0.15) is 20.8 Å². The van der Waals surface area contributed by atoms with Gasteiger partial charge in [0, 0.05) is 12.6 Å². The van der Waals surface area contributed by atoms with Crippen molar-refractivity contribution in [3.8, 4) is 11.5 Å². The predicted octanol–water partition coefficient (Wildman–Crippen LogP) is 1.84. The summed E-state index contributed by atoms with van der Waals surface area (Å²) in [5.41, 5.74) is 0.471. The Morgan fingerprint density at radius 2 is 1.71 bits per heavy atom. The summed E-state index contributed by atoms with van der Waals surface area (Å²) >= 11 is 0. The number of benzene rings is 1. The minimum atomic E-state index is -3.37. The lowest BCUT2D eigenvalue weighted by atomic mass is 10.3. The lowest BCUT2D eigenvalue weighted by Crippen LogP contribution is -2.26. The highest BCUT2D eigenvalue weighted by molar-refractivity contribution is 7.92. The molecule has 0 amide bonds. The van der Waals surface area contributed by atoms with Crippen molar-refractivity contribution in [1.29, 1.82) is 0 Å². The minimum absolute atomic E-state index is 0.0258. The molecule has 0 aliphatic heterocycles.